The zero-order valence-corrected chi connectivity index (χ0v) is 12.1. The van der Waals surface area contributed by atoms with Crippen molar-refractivity contribution in [3.63, 3.8) is 0 Å². The first-order valence-corrected chi connectivity index (χ1v) is 7.11. The van der Waals surface area contributed by atoms with Crippen LogP contribution < -0.4 is 10.5 Å². The summed E-state index contributed by atoms with van der Waals surface area (Å²) in [4.78, 5) is 0. The Kier molecular flexibility index (Phi) is 3.42. The van der Waals surface area contributed by atoms with Gasteiger partial charge in [-0.25, -0.2) is 0 Å². The molecule has 1 aliphatic heterocycles. The van der Waals surface area contributed by atoms with Crippen LogP contribution in [0.15, 0.2) is 22.7 Å². The molecule has 2 heterocycles. The number of rotatable bonds is 3. The zero-order valence-electron chi connectivity index (χ0n) is 10.5. The number of fused-ring (bicyclic) bond motifs is 1. The Bertz CT molecular complexity index is 576. The molecule has 0 aliphatic carbocycles. The largest absolute Gasteiger partial charge is 0.485 e. The predicted molar refractivity (Wildman–Crippen MR) is 75.8 cm³/mol. The molecule has 19 heavy (non-hydrogen) atoms. The minimum atomic E-state index is 0.420. The van der Waals surface area contributed by atoms with Gasteiger partial charge in [0.05, 0.1) is 0 Å². The summed E-state index contributed by atoms with van der Waals surface area (Å²) >= 11 is 3.40. The molecule has 6 heteroatoms. The molecule has 0 saturated carbocycles. The van der Waals surface area contributed by atoms with Gasteiger partial charge in [0.2, 0.25) is 0 Å². The standard InChI is InChI=1S/C13H15BrN4O/c14-9-5-10(15)7-11(6-9)19-8-13-17-16-12-3-1-2-4-18(12)13/h5-7H,1-4,8,15H2. The number of aromatic nitrogens is 3. The van der Waals surface area contributed by atoms with Crippen LogP contribution in [0.5, 0.6) is 5.75 Å². The van der Waals surface area contributed by atoms with E-state index < -0.39 is 0 Å². The van der Waals surface area contributed by atoms with Gasteiger partial charge in [-0.3, -0.25) is 0 Å². The van der Waals surface area contributed by atoms with Gasteiger partial charge in [0.1, 0.15) is 18.2 Å². The van der Waals surface area contributed by atoms with Crippen molar-refractivity contribution in [3.8, 4) is 5.75 Å². The van der Waals surface area contributed by atoms with Crippen LogP contribution >= 0.6 is 15.9 Å². The lowest BCUT2D eigenvalue weighted by Crippen LogP contribution is -2.14. The number of hydrogen-bond acceptors (Lipinski definition) is 4. The van der Waals surface area contributed by atoms with Gasteiger partial charge < -0.3 is 15.0 Å². The first-order valence-electron chi connectivity index (χ1n) is 6.32. The lowest BCUT2D eigenvalue weighted by molar-refractivity contribution is 0.286. The van der Waals surface area contributed by atoms with Crippen LogP contribution in [0.3, 0.4) is 0 Å². The Morgan fingerprint density at radius 3 is 3.00 bits per heavy atom. The third-order valence-corrected chi connectivity index (χ3v) is 3.66. The molecular formula is C13H15BrN4O. The molecule has 2 N–H and O–H groups in total. The highest BCUT2D eigenvalue weighted by atomic mass is 79.9. The molecule has 3 rings (SSSR count). The number of nitrogens with two attached hydrogens (primary N) is 1. The number of aryl methyl sites for hydroxylation is 1. The van der Waals surface area contributed by atoms with Crippen LogP contribution in [-0.2, 0) is 19.6 Å². The van der Waals surface area contributed by atoms with Crippen LogP contribution in [-0.4, -0.2) is 14.8 Å². The second kappa shape index (κ2) is 5.21. The Morgan fingerprint density at radius 2 is 2.16 bits per heavy atom. The first-order chi connectivity index (χ1) is 9.22. The molecule has 0 fully saturated rings. The average Bonchev–Trinajstić information content (AvgIpc) is 2.78. The minimum Gasteiger partial charge on any atom is -0.485 e. The molecule has 1 aromatic heterocycles. The monoisotopic (exact) mass is 322 g/mol. The van der Waals surface area contributed by atoms with Gasteiger partial charge in [0, 0.05) is 29.2 Å². The van der Waals surface area contributed by atoms with E-state index in [4.69, 9.17) is 10.5 Å². The normalized spacial score (nSPS) is 14.2. The highest BCUT2D eigenvalue weighted by Crippen LogP contribution is 2.24. The fourth-order valence-corrected chi connectivity index (χ4v) is 2.78. The van der Waals surface area contributed by atoms with Gasteiger partial charge in [0.15, 0.2) is 5.82 Å². The summed E-state index contributed by atoms with van der Waals surface area (Å²) < 4.78 is 8.81. The Hall–Kier alpha value is -1.56. The van der Waals surface area contributed by atoms with E-state index in [0.29, 0.717) is 12.3 Å². The number of ether oxygens (including phenoxy) is 1. The van der Waals surface area contributed by atoms with E-state index in [-0.39, 0.29) is 0 Å². The van der Waals surface area contributed by atoms with Gasteiger partial charge in [-0.2, -0.15) is 0 Å². The molecule has 0 bridgehead atoms. The van der Waals surface area contributed by atoms with E-state index in [1.807, 2.05) is 12.1 Å². The van der Waals surface area contributed by atoms with E-state index in [1.54, 1.807) is 6.07 Å². The molecule has 0 unspecified atom stereocenters. The topological polar surface area (TPSA) is 66.0 Å². The zero-order chi connectivity index (χ0) is 13.2. The summed E-state index contributed by atoms with van der Waals surface area (Å²) in [6.07, 6.45) is 3.39. The number of benzene rings is 1. The molecule has 0 amide bonds. The number of halogens is 1. The summed E-state index contributed by atoms with van der Waals surface area (Å²) in [6, 6.07) is 5.54. The molecule has 0 spiro atoms. The van der Waals surface area contributed by atoms with Gasteiger partial charge in [-0.1, -0.05) is 15.9 Å². The van der Waals surface area contributed by atoms with E-state index in [9.17, 15) is 0 Å². The number of hydrogen-bond donors (Lipinski definition) is 1. The van der Waals surface area contributed by atoms with Crippen molar-refractivity contribution in [3.05, 3.63) is 34.3 Å². The minimum absolute atomic E-state index is 0.420. The smallest absolute Gasteiger partial charge is 0.171 e. The van der Waals surface area contributed by atoms with Crippen molar-refractivity contribution in [2.45, 2.75) is 32.4 Å². The Balaban J connectivity index is 1.74. The highest BCUT2D eigenvalue weighted by molar-refractivity contribution is 9.10. The molecule has 1 aliphatic rings. The Labute approximate surface area is 119 Å². The van der Waals surface area contributed by atoms with Gasteiger partial charge in [-0.15, -0.1) is 10.2 Å². The molecule has 2 aromatic rings. The maximum Gasteiger partial charge on any atom is 0.171 e. The molecule has 1 aromatic carbocycles. The second-order valence-corrected chi connectivity index (χ2v) is 5.57. The van der Waals surface area contributed by atoms with Crippen LogP contribution in [0, 0.1) is 0 Å². The van der Waals surface area contributed by atoms with Crippen molar-refractivity contribution >= 4 is 21.6 Å². The van der Waals surface area contributed by atoms with Gasteiger partial charge in [0.25, 0.3) is 0 Å². The third-order valence-electron chi connectivity index (χ3n) is 3.20. The van der Waals surface area contributed by atoms with Crippen LogP contribution in [0.1, 0.15) is 24.5 Å². The predicted octanol–water partition coefficient (Wildman–Crippen LogP) is 2.54. The lowest BCUT2D eigenvalue weighted by Gasteiger charge is -2.15. The van der Waals surface area contributed by atoms with Crippen molar-refractivity contribution in [2.75, 3.05) is 5.73 Å². The summed E-state index contributed by atoms with van der Waals surface area (Å²) in [5, 5.41) is 8.41. The van der Waals surface area contributed by atoms with Crippen molar-refractivity contribution in [1.82, 2.24) is 14.8 Å². The first kappa shape index (κ1) is 12.5. The molecule has 0 saturated heterocycles. The van der Waals surface area contributed by atoms with Crippen molar-refractivity contribution in [1.29, 1.82) is 0 Å². The lowest BCUT2D eigenvalue weighted by atomic mass is 10.2. The van der Waals surface area contributed by atoms with Crippen molar-refractivity contribution < 1.29 is 4.74 Å². The van der Waals surface area contributed by atoms with Crippen LogP contribution in [0.4, 0.5) is 5.69 Å². The van der Waals surface area contributed by atoms with E-state index in [2.05, 4.69) is 30.7 Å². The molecule has 5 nitrogen and oxygen atoms in total. The van der Waals surface area contributed by atoms with Gasteiger partial charge >= 0.3 is 0 Å². The summed E-state index contributed by atoms with van der Waals surface area (Å²) in [5.74, 6) is 2.69. The quantitative estimate of drug-likeness (QED) is 0.882. The van der Waals surface area contributed by atoms with E-state index >= 15 is 0 Å². The van der Waals surface area contributed by atoms with Crippen LogP contribution in [0.25, 0.3) is 0 Å². The summed E-state index contributed by atoms with van der Waals surface area (Å²) in [7, 11) is 0. The molecule has 0 radical (unpaired) electrons. The summed E-state index contributed by atoms with van der Waals surface area (Å²) in [6.45, 7) is 1.41. The average molecular weight is 323 g/mol. The fraction of sp³-hybridized carbons (Fsp3) is 0.385. The number of anilines is 1. The Morgan fingerprint density at radius 1 is 1.26 bits per heavy atom. The maximum absolute atomic E-state index is 5.78. The van der Waals surface area contributed by atoms with E-state index in [0.717, 1.165) is 34.8 Å². The van der Waals surface area contributed by atoms with Gasteiger partial charge in [-0.05, 0) is 25.0 Å². The second-order valence-electron chi connectivity index (χ2n) is 4.65. The molecule has 100 valence electrons. The fourth-order valence-electron chi connectivity index (χ4n) is 2.29. The number of nitrogens with zero attached hydrogens (tertiary/aromatic N) is 3. The van der Waals surface area contributed by atoms with Crippen LogP contribution in [0.2, 0.25) is 0 Å². The summed E-state index contributed by atoms with van der Waals surface area (Å²) in [5.41, 5.74) is 6.45. The highest BCUT2D eigenvalue weighted by Gasteiger charge is 2.15. The SMILES string of the molecule is Nc1cc(Br)cc(OCc2nnc3n2CCCC3)c1. The van der Waals surface area contributed by atoms with Crippen molar-refractivity contribution in [2.24, 2.45) is 0 Å². The maximum atomic E-state index is 5.78. The molecule has 0 atom stereocenters. The number of nitrogen functional groups attached to an aromatic ring is 1. The third kappa shape index (κ3) is 2.73. The molecular weight excluding hydrogens is 308 g/mol. The van der Waals surface area contributed by atoms with E-state index in [1.165, 1.54) is 12.8 Å².